The molecule has 111 heavy (non-hydrogen) atoms. The summed E-state index contributed by atoms with van der Waals surface area (Å²) in [6, 6.07) is -3.42. The SMILES string of the molecule is CC(C)(C)S(F)(c1ccc(C(=O)NC[C@@H](C(=O)N[C@H](CCCCNC(=O)CCC(=O)NCCC[C@@H](NC(=O)CC[C@H](NC(=O)N[C@@H](CCC(=O)O)C(=O)O)C(=O)O)C(=O)O)C(=O)O)n2cc(CNC(=O)CCP(=O)(O)CN3CCN(CP(=O)(O)CCC(=O)O)CCN(CP(=O)(O)CCC(=O)O)CC3)nn2)cc1)C(C)(C)C. The van der Waals surface area contributed by atoms with Gasteiger partial charge in [0.05, 0.1) is 44.4 Å². The number of benzene rings is 1. The van der Waals surface area contributed by atoms with Crippen molar-refractivity contribution >= 4 is 116 Å². The molecule has 626 valence electrons. The molecular formula is C65H106FN14O27P3S. The topological polar surface area (TPSA) is 629 Å². The summed E-state index contributed by atoms with van der Waals surface area (Å²) in [5, 5.41) is 92.6. The van der Waals surface area contributed by atoms with Crippen molar-refractivity contribution < 1.29 is 135 Å². The molecule has 41 nitrogen and oxygen atoms in total. The third kappa shape index (κ3) is 36.2. The molecule has 8 atom stereocenters. The highest BCUT2D eigenvalue weighted by atomic mass is 32.3. The molecule has 0 spiro atoms. The average molecular weight is 1660 g/mol. The summed E-state index contributed by atoms with van der Waals surface area (Å²) in [5.74, 6) is -14.6. The Morgan fingerprint density at radius 2 is 0.874 bits per heavy atom. The third-order valence-corrected chi connectivity index (χ3v) is 26.9. The maximum atomic E-state index is 17.1. The number of aromatic nitrogens is 3. The van der Waals surface area contributed by atoms with Crippen LogP contribution >= 0.6 is 32.5 Å². The summed E-state index contributed by atoms with van der Waals surface area (Å²) < 4.78 is 56.4. The van der Waals surface area contributed by atoms with E-state index in [-0.39, 0.29) is 115 Å². The van der Waals surface area contributed by atoms with Crippen LogP contribution in [0.25, 0.3) is 0 Å². The molecule has 1 aliphatic heterocycles. The van der Waals surface area contributed by atoms with Crippen molar-refractivity contribution in [3.8, 4) is 0 Å². The molecule has 2 aromatic rings. The van der Waals surface area contributed by atoms with Crippen LogP contribution in [0.1, 0.15) is 154 Å². The van der Waals surface area contributed by atoms with Gasteiger partial charge < -0.3 is 93.0 Å². The van der Waals surface area contributed by atoms with Crippen LogP contribution in [0.3, 0.4) is 0 Å². The predicted molar refractivity (Wildman–Crippen MR) is 397 cm³/mol. The van der Waals surface area contributed by atoms with Crippen molar-refractivity contribution in [2.45, 2.75) is 183 Å². The standard InChI is InChI=1S/C65H106FN14O27P3S/c1-64(2,3)111(66,65(4,5)6)44-14-12-42(13-15-44)57(91)70-37-49(80-38-43(75-76-80)36-69-52(83)22-33-108(102,103)39-77-27-29-78(40-109(104,105)34-23-55(87)88)31-32-79(30-28-77)41-110(106,107)35-24-56(89)90)58(92)72-46(60(95)96)10-7-8-25-67-50(81)19-20-51(82)68-26-9-11-45(59(93)94)71-53(84)18-16-47(61(97)98)73-63(101)74-48(62(99)100)17-21-54(85)86/h12-15,38,45-49H,7-11,16-37,39-41H2,1-6H3,(H,67,81)(H,68,82)(H,69,83)(H,70,91)(H,71,84)(H,72,92)(H,85,86)(H,87,88)(H,89,90)(H,93,94)(H,95,96)(H,97,98)(H,99,100)(H,102,103)(H,104,105)(H,106,107)(H2,73,74,101)/t45-,46-,47+,48+,49+/m1/s1. The zero-order valence-electron chi connectivity index (χ0n) is 62.7. The molecule has 8 amide bonds. The van der Waals surface area contributed by atoms with Crippen molar-refractivity contribution in [2.24, 2.45) is 0 Å². The Labute approximate surface area is 641 Å². The largest absolute Gasteiger partial charge is 0.481 e. The Balaban J connectivity index is 1.64. The monoisotopic (exact) mass is 1660 g/mol. The van der Waals surface area contributed by atoms with E-state index in [1.807, 2.05) is 10.6 Å². The molecule has 18 N–H and O–H groups in total. The number of nitrogens with one attached hydrogen (secondary N) is 8. The van der Waals surface area contributed by atoms with Crippen LogP contribution < -0.4 is 42.5 Å². The number of unbranched alkanes of at least 4 members (excludes halogenated alkanes) is 1. The van der Waals surface area contributed by atoms with Gasteiger partial charge in [0.1, 0.15) is 35.9 Å². The van der Waals surface area contributed by atoms with Crippen molar-refractivity contribution in [1.82, 2.24) is 72.2 Å². The molecule has 46 heteroatoms. The molecule has 3 rings (SSSR count). The first kappa shape index (κ1) is 96.7. The maximum absolute atomic E-state index is 17.1. The summed E-state index contributed by atoms with van der Waals surface area (Å²) in [6.45, 7) is 9.98. The Hall–Kier alpha value is -8.53. The molecule has 0 aliphatic carbocycles. The fourth-order valence-corrected chi connectivity index (χ4v) is 20.1. The molecule has 0 radical (unpaired) electrons. The van der Waals surface area contributed by atoms with E-state index in [0.717, 1.165) is 4.68 Å². The number of carboxylic acid groups (broad SMARTS) is 7. The van der Waals surface area contributed by atoms with E-state index in [4.69, 9.17) is 15.3 Å². The number of hydrogen-bond acceptors (Lipinski definition) is 22. The molecule has 0 saturated carbocycles. The minimum Gasteiger partial charge on any atom is -0.481 e. The van der Waals surface area contributed by atoms with Gasteiger partial charge in [0, 0.05) is 129 Å². The van der Waals surface area contributed by atoms with Crippen LogP contribution in [0.5, 0.6) is 0 Å². The zero-order chi connectivity index (χ0) is 83.8. The first-order valence-corrected chi connectivity index (χ1v) is 43.1. The van der Waals surface area contributed by atoms with E-state index in [1.54, 1.807) is 41.5 Å². The Bertz CT molecular complexity index is 3670. The van der Waals surface area contributed by atoms with Crippen LogP contribution in [-0.4, -0.2) is 293 Å². The second kappa shape index (κ2) is 45.2. The van der Waals surface area contributed by atoms with E-state index >= 15 is 3.89 Å². The van der Waals surface area contributed by atoms with Gasteiger partial charge in [-0.15, -0.1) is 5.10 Å². The number of hydrogen-bond donors (Lipinski definition) is 18. The average Bonchev–Trinajstić information content (AvgIpc) is 0.933. The van der Waals surface area contributed by atoms with Crippen LogP contribution in [0.15, 0.2) is 35.4 Å². The minimum atomic E-state index is -4.22. The number of amides is 8. The second-order valence-electron chi connectivity index (χ2n) is 28.6. The van der Waals surface area contributed by atoms with Gasteiger partial charge in [0.25, 0.3) is 5.91 Å². The fourth-order valence-electron chi connectivity index (χ4n) is 11.5. The predicted octanol–water partition coefficient (Wildman–Crippen LogP) is 1.41. The lowest BCUT2D eigenvalue weighted by Crippen LogP contribution is -2.51. The van der Waals surface area contributed by atoms with Gasteiger partial charge in [-0.3, -0.25) is 71.5 Å². The van der Waals surface area contributed by atoms with Gasteiger partial charge in [-0.2, -0.15) is 3.89 Å². The number of carbonyl (C=O) groups is 14. The number of nitrogens with zero attached hydrogens (tertiary/aromatic N) is 6. The lowest BCUT2D eigenvalue weighted by molar-refractivity contribution is -0.143. The first-order chi connectivity index (χ1) is 51.5. The molecular weight excluding hydrogens is 1550 g/mol. The molecule has 1 aliphatic rings. The molecule has 0 bridgehead atoms. The quantitative estimate of drug-likeness (QED) is 0.0329. The highest BCUT2D eigenvalue weighted by Crippen LogP contribution is 2.74. The fraction of sp³-hybridized carbons (Fsp3) is 0.662. The van der Waals surface area contributed by atoms with Crippen LogP contribution in [0, 0.1) is 0 Å². The Morgan fingerprint density at radius 3 is 1.31 bits per heavy atom. The first-order valence-electron chi connectivity index (χ1n) is 35.5. The summed E-state index contributed by atoms with van der Waals surface area (Å²) in [6.07, 6.45) is -6.62. The van der Waals surface area contributed by atoms with Crippen molar-refractivity contribution in [1.29, 1.82) is 0 Å². The molecule has 1 fully saturated rings. The number of rotatable bonds is 49. The lowest BCUT2D eigenvalue weighted by atomic mass is 10.1. The zero-order valence-corrected chi connectivity index (χ0v) is 66.2. The Morgan fingerprint density at radius 1 is 0.477 bits per heavy atom. The van der Waals surface area contributed by atoms with Crippen LogP contribution in [0.2, 0.25) is 0 Å². The Kier molecular flexibility index (Phi) is 39.4. The lowest BCUT2D eigenvalue weighted by Gasteiger charge is -2.52. The van der Waals surface area contributed by atoms with Crippen LogP contribution in [0.4, 0.5) is 8.68 Å². The smallest absolute Gasteiger partial charge is 0.326 e. The highest BCUT2D eigenvalue weighted by molar-refractivity contribution is 8.31. The van der Waals surface area contributed by atoms with E-state index in [2.05, 4.69) is 42.2 Å². The van der Waals surface area contributed by atoms with E-state index < -0.39 is 244 Å². The normalized spacial score (nSPS) is 16.5. The van der Waals surface area contributed by atoms with Gasteiger partial charge in [-0.05, 0) is 111 Å². The van der Waals surface area contributed by atoms with Crippen molar-refractivity contribution in [3.05, 3.63) is 41.7 Å². The number of aliphatic carboxylic acids is 7. The maximum Gasteiger partial charge on any atom is 0.326 e. The van der Waals surface area contributed by atoms with E-state index in [1.165, 1.54) is 45.2 Å². The van der Waals surface area contributed by atoms with Gasteiger partial charge >= 0.3 is 47.8 Å². The number of urea groups is 1. The van der Waals surface area contributed by atoms with Crippen molar-refractivity contribution in [2.75, 3.05) is 96.2 Å². The van der Waals surface area contributed by atoms with Gasteiger partial charge in [0.2, 0.25) is 51.6 Å². The molecule has 1 aromatic carbocycles. The van der Waals surface area contributed by atoms with Gasteiger partial charge in [-0.1, -0.05) is 15.6 Å². The van der Waals surface area contributed by atoms with E-state index in [9.17, 15) is 116 Å². The number of carboxylic acids is 7. The number of halogens is 1. The number of carbonyl (C=O) groups excluding carboxylic acids is 7. The van der Waals surface area contributed by atoms with Crippen molar-refractivity contribution in [3.63, 3.8) is 0 Å². The van der Waals surface area contributed by atoms with E-state index in [0.29, 0.717) is 4.90 Å². The summed E-state index contributed by atoms with van der Waals surface area (Å²) in [7, 11) is -15.3. The molecule has 1 saturated heterocycles. The van der Waals surface area contributed by atoms with Gasteiger partial charge in [-0.25, -0.2) is 28.7 Å². The third-order valence-electron chi connectivity index (χ3n) is 17.3. The summed E-state index contributed by atoms with van der Waals surface area (Å²) in [4.78, 5) is 210. The molecule has 2 heterocycles. The molecule has 1 aromatic heterocycles. The summed E-state index contributed by atoms with van der Waals surface area (Å²) >= 11 is 0. The molecule has 3 unspecified atom stereocenters. The summed E-state index contributed by atoms with van der Waals surface area (Å²) in [5.41, 5.74) is 0.100. The van der Waals surface area contributed by atoms with Crippen LogP contribution in [-0.2, 0) is 77.8 Å². The highest BCUT2D eigenvalue weighted by Gasteiger charge is 2.48. The minimum absolute atomic E-state index is 0.000979. The van der Waals surface area contributed by atoms with Gasteiger partial charge in [0.15, 0.2) is 0 Å². The second-order valence-corrected chi connectivity index (χ2v) is 39.8.